The highest BCUT2D eigenvalue weighted by atomic mass is 28.4. The Hall–Kier alpha value is -1.21. The third-order valence-electron chi connectivity index (χ3n) is 5.42. The van der Waals surface area contributed by atoms with E-state index in [0.29, 0.717) is 0 Å². The van der Waals surface area contributed by atoms with Gasteiger partial charge >= 0.3 is 0 Å². The van der Waals surface area contributed by atoms with E-state index in [9.17, 15) is 0 Å². The Morgan fingerprint density at radius 3 is 1.46 bits per heavy atom. The van der Waals surface area contributed by atoms with Gasteiger partial charge in [-0.1, -0.05) is 73.5 Å². The molecule has 2 aromatic carbocycles. The fourth-order valence-electron chi connectivity index (χ4n) is 3.90. The molecular weight excluding hydrogens is 352 g/mol. The Labute approximate surface area is 160 Å². The van der Waals surface area contributed by atoms with E-state index in [1.54, 1.807) is 0 Å². The molecule has 2 aliphatic rings. The van der Waals surface area contributed by atoms with Crippen LogP contribution in [0.15, 0.2) is 60.7 Å². The quantitative estimate of drug-likeness (QED) is 0.707. The molecule has 0 amide bonds. The van der Waals surface area contributed by atoms with E-state index in [1.807, 2.05) is 0 Å². The molecule has 0 aliphatic carbocycles. The second-order valence-electron chi connectivity index (χ2n) is 7.93. The maximum absolute atomic E-state index is 6.38. The summed E-state index contributed by atoms with van der Waals surface area (Å²) >= 11 is 0. The number of hydrogen-bond acceptors (Lipinski definition) is 2. The van der Waals surface area contributed by atoms with Gasteiger partial charge in [0.25, 0.3) is 8.32 Å². The van der Waals surface area contributed by atoms with E-state index < -0.39 is 16.6 Å². The average Bonchev–Trinajstić information content (AvgIpc) is 2.70. The van der Waals surface area contributed by atoms with Crippen molar-refractivity contribution >= 4 is 27.0 Å². The van der Waals surface area contributed by atoms with Crippen LogP contribution in [0.3, 0.4) is 0 Å². The third kappa shape index (κ3) is 4.94. The van der Waals surface area contributed by atoms with Crippen LogP contribution in [-0.2, 0) is 8.85 Å². The van der Waals surface area contributed by atoms with Crippen molar-refractivity contribution in [2.45, 2.75) is 50.9 Å². The first-order chi connectivity index (χ1) is 12.6. The predicted molar refractivity (Wildman–Crippen MR) is 115 cm³/mol. The Balaban J connectivity index is 0.000000206. The molecule has 0 atom stereocenters. The van der Waals surface area contributed by atoms with Crippen molar-refractivity contribution in [2.75, 3.05) is 13.2 Å². The van der Waals surface area contributed by atoms with Crippen LogP contribution in [-0.4, -0.2) is 29.8 Å². The van der Waals surface area contributed by atoms with E-state index in [4.69, 9.17) is 8.85 Å². The Bertz CT molecular complexity index is 603. The molecular formula is C22H32O2Si2. The highest BCUT2D eigenvalue weighted by Crippen LogP contribution is 2.22. The third-order valence-corrected chi connectivity index (χ3v) is 12.2. The molecule has 0 aromatic heterocycles. The van der Waals surface area contributed by atoms with Crippen molar-refractivity contribution in [1.29, 1.82) is 0 Å². The fourth-order valence-corrected chi connectivity index (χ4v) is 9.94. The van der Waals surface area contributed by atoms with Crippen LogP contribution in [0.2, 0.25) is 25.2 Å². The standard InChI is InChI=1S/C16H18OSi.C6H14OSi/c1-3-9-15(10-4-1)18(14-8-7-13-17-18)16-11-5-2-6-12-16;1-8(2)6-4-3-5-7-8/h1-6,9-12H,7-8,13-14H2;3-6H2,1-2H3. The van der Waals surface area contributed by atoms with Crippen LogP contribution in [0.25, 0.3) is 0 Å². The van der Waals surface area contributed by atoms with Gasteiger partial charge in [-0.2, -0.15) is 0 Å². The first-order valence-corrected chi connectivity index (χ1v) is 15.2. The van der Waals surface area contributed by atoms with Gasteiger partial charge in [0, 0.05) is 13.2 Å². The molecule has 2 heterocycles. The lowest BCUT2D eigenvalue weighted by atomic mass is 10.3. The molecule has 4 rings (SSSR count). The summed E-state index contributed by atoms with van der Waals surface area (Å²) in [7, 11) is -3.03. The lowest BCUT2D eigenvalue weighted by molar-refractivity contribution is 0.275. The molecule has 26 heavy (non-hydrogen) atoms. The summed E-state index contributed by atoms with van der Waals surface area (Å²) < 4.78 is 12.0. The molecule has 2 saturated heterocycles. The summed E-state index contributed by atoms with van der Waals surface area (Å²) in [6, 6.07) is 24.2. The molecule has 0 saturated carbocycles. The molecule has 0 spiro atoms. The van der Waals surface area contributed by atoms with Gasteiger partial charge in [0.1, 0.15) is 0 Å². The molecule has 2 aliphatic heterocycles. The van der Waals surface area contributed by atoms with Gasteiger partial charge in [-0.25, -0.2) is 0 Å². The monoisotopic (exact) mass is 384 g/mol. The van der Waals surface area contributed by atoms with Crippen molar-refractivity contribution < 1.29 is 8.85 Å². The first kappa shape index (κ1) is 19.6. The van der Waals surface area contributed by atoms with Gasteiger partial charge in [-0.05, 0) is 48.4 Å². The first-order valence-electron chi connectivity index (χ1n) is 10.0. The second kappa shape index (κ2) is 9.13. The Kier molecular flexibility index (Phi) is 6.87. The average molecular weight is 385 g/mol. The minimum absolute atomic E-state index is 0.913. The van der Waals surface area contributed by atoms with E-state index in [0.717, 1.165) is 13.2 Å². The summed E-state index contributed by atoms with van der Waals surface area (Å²) in [5.41, 5.74) is 0. The summed E-state index contributed by atoms with van der Waals surface area (Å²) in [4.78, 5) is 0. The summed E-state index contributed by atoms with van der Waals surface area (Å²) in [5.74, 6) is 0. The van der Waals surface area contributed by atoms with Crippen LogP contribution in [0.5, 0.6) is 0 Å². The molecule has 0 radical (unpaired) electrons. The predicted octanol–water partition coefficient (Wildman–Crippen LogP) is 4.56. The highest BCUT2D eigenvalue weighted by Gasteiger charge is 2.40. The molecule has 0 bridgehead atoms. The van der Waals surface area contributed by atoms with Crippen molar-refractivity contribution in [3.05, 3.63) is 60.7 Å². The summed E-state index contributed by atoms with van der Waals surface area (Å²) in [6.45, 7) is 6.54. The minimum Gasteiger partial charge on any atom is -0.417 e. The zero-order valence-corrected chi connectivity index (χ0v) is 18.2. The smallest absolute Gasteiger partial charge is 0.255 e. The van der Waals surface area contributed by atoms with Crippen molar-refractivity contribution in [3.63, 3.8) is 0 Å². The van der Waals surface area contributed by atoms with Gasteiger partial charge in [0.15, 0.2) is 8.32 Å². The minimum atomic E-state index is -1.93. The number of rotatable bonds is 2. The summed E-state index contributed by atoms with van der Waals surface area (Å²) in [6.07, 6.45) is 5.18. The van der Waals surface area contributed by atoms with E-state index in [-0.39, 0.29) is 0 Å². The topological polar surface area (TPSA) is 18.5 Å². The maximum Gasteiger partial charge on any atom is 0.255 e. The molecule has 2 nitrogen and oxygen atoms in total. The second-order valence-corrected chi connectivity index (χ2v) is 15.8. The van der Waals surface area contributed by atoms with E-state index in [2.05, 4.69) is 73.8 Å². The Morgan fingerprint density at radius 2 is 1.12 bits per heavy atom. The highest BCUT2D eigenvalue weighted by molar-refractivity contribution is 6.97. The van der Waals surface area contributed by atoms with Crippen LogP contribution in [0.4, 0.5) is 0 Å². The van der Waals surface area contributed by atoms with Crippen molar-refractivity contribution in [3.8, 4) is 0 Å². The van der Waals surface area contributed by atoms with E-state index >= 15 is 0 Å². The van der Waals surface area contributed by atoms with E-state index in [1.165, 1.54) is 48.1 Å². The van der Waals surface area contributed by atoms with Gasteiger partial charge in [-0.3, -0.25) is 0 Å². The SMILES string of the molecule is C[Si]1(C)CCCCO1.c1ccc([Si]2(c3ccccc3)CCCCO2)cc1. The molecule has 0 unspecified atom stereocenters. The van der Waals surface area contributed by atoms with Gasteiger partial charge in [0.2, 0.25) is 0 Å². The van der Waals surface area contributed by atoms with Crippen LogP contribution in [0.1, 0.15) is 25.7 Å². The molecule has 2 aromatic rings. The normalized spacial score (nSPS) is 21.3. The van der Waals surface area contributed by atoms with Gasteiger partial charge in [0.05, 0.1) is 0 Å². The van der Waals surface area contributed by atoms with Crippen LogP contribution < -0.4 is 10.4 Å². The zero-order valence-electron chi connectivity index (χ0n) is 16.2. The number of benzene rings is 2. The molecule has 4 heteroatoms. The fraction of sp³-hybridized carbons (Fsp3) is 0.455. The van der Waals surface area contributed by atoms with Crippen LogP contribution in [0, 0.1) is 0 Å². The lowest BCUT2D eigenvalue weighted by Crippen LogP contribution is -2.62. The van der Waals surface area contributed by atoms with Crippen LogP contribution >= 0.6 is 0 Å². The largest absolute Gasteiger partial charge is 0.417 e. The zero-order chi connectivity index (χ0) is 18.3. The van der Waals surface area contributed by atoms with Crippen molar-refractivity contribution in [1.82, 2.24) is 0 Å². The van der Waals surface area contributed by atoms with Gasteiger partial charge in [-0.15, -0.1) is 0 Å². The van der Waals surface area contributed by atoms with Crippen molar-refractivity contribution in [2.24, 2.45) is 0 Å². The lowest BCUT2D eigenvalue weighted by Gasteiger charge is -2.35. The number of hydrogen-bond donors (Lipinski definition) is 0. The molecule has 2 fully saturated rings. The van der Waals surface area contributed by atoms with Gasteiger partial charge < -0.3 is 8.85 Å². The molecule has 140 valence electrons. The maximum atomic E-state index is 6.38. The summed E-state index contributed by atoms with van der Waals surface area (Å²) in [5, 5.41) is 2.83. The molecule has 0 N–H and O–H groups in total. The Morgan fingerprint density at radius 1 is 0.615 bits per heavy atom.